The van der Waals surface area contributed by atoms with Crippen molar-refractivity contribution in [2.45, 2.75) is 32.6 Å². The van der Waals surface area contributed by atoms with Gasteiger partial charge in [0.05, 0.1) is 12.0 Å². The molecule has 0 bridgehead atoms. The van der Waals surface area contributed by atoms with Crippen LogP contribution in [-0.2, 0) is 4.79 Å². The third-order valence-corrected chi connectivity index (χ3v) is 3.32. The van der Waals surface area contributed by atoms with E-state index >= 15 is 0 Å². The minimum absolute atomic E-state index is 0.0249. The fourth-order valence-corrected chi connectivity index (χ4v) is 2.38. The van der Waals surface area contributed by atoms with Gasteiger partial charge in [0, 0.05) is 18.5 Å². The number of carbonyl (C=O) groups is 2. The van der Waals surface area contributed by atoms with Gasteiger partial charge in [-0.2, -0.15) is 5.10 Å². The minimum atomic E-state index is -0.503. The third-order valence-electron chi connectivity index (χ3n) is 3.32. The maximum Gasteiger partial charge on any atom is 0.292 e. The number of hydrogen-bond acceptors (Lipinski definition) is 5. The summed E-state index contributed by atoms with van der Waals surface area (Å²) in [5.41, 5.74) is 0.726. The Morgan fingerprint density at radius 1 is 1.55 bits per heavy atom. The molecule has 8 heteroatoms. The maximum atomic E-state index is 12.1. The van der Waals surface area contributed by atoms with Gasteiger partial charge in [0.1, 0.15) is 5.82 Å². The summed E-state index contributed by atoms with van der Waals surface area (Å²) < 4.78 is 6.61. The largest absolute Gasteiger partial charge is 0.459 e. The second-order valence-corrected chi connectivity index (χ2v) is 5.29. The van der Waals surface area contributed by atoms with Gasteiger partial charge in [0.2, 0.25) is 5.91 Å². The molecule has 1 aliphatic heterocycles. The molecule has 2 amide bonds. The van der Waals surface area contributed by atoms with Gasteiger partial charge in [-0.05, 0) is 26.0 Å². The first-order valence-electron chi connectivity index (χ1n) is 6.99. The van der Waals surface area contributed by atoms with Crippen molar-refractivity contribution in [3.05, 3.63) is 35.9 Å². The quantitative estimate of drug-likeness (QED) is 0.785. The van der Waals surface area contributed by atoms with E-state index in [0.29, 0.717) is 12.2 Å². The van der Waals surface area contributed by atoms with Crippen LogP contribution >= 0.6 is 0 Å². The number of hydrogen-bond donors (Lipinski definition) is 3. The van der Waals surface area contributed by atoms with Crippen molar-refractivity contribution >= 4 is 17.6 Å². The first-order chi connectivity index (χ1) is 10.5. The van der Waals surface area contributed by atoms with E-state index in [1.165, 1.54) is 6.26 Å². The summed E-state index contributed by atoms with van der Waals surface area (Å²) >= 11 is 0. The molecule has 2 atom stereocenters. The van der Waals surface area contributed by atoms with Crippen molar-refractivity contribution < 1.29 is 14.0 Å². The first-order valence-corrected chi connectivity index (χ1v) is 6.99. The van der Waals surface area contributed by atoms with E-state index in [0.717, 1.165) is 5.69 Å². The Hall–Kier alpha value is -2.61. The molecule has 3 rings (SSSR count). The summed E-state index contributed by atoms with van der Waals surface area (Å²) in [5, 5.41) is 13.1. The number of aromatic nitrogens is 2. The summed E-state index contributed by atoms with van der Waals surface area (Å²) in [6, 6.07) is 4.97. The monoisotopic (exact) mass is 303 g/mol. The van der Waals surface area contributed by atoms with Crippen molar-refractivity contribution in [1.82, 2.24) is 20.4 Å². The topological polar surface area (TPSA) is 101 Å². The van der Waals surface area contributed by atoms with Crippen LogP contribution in [0.5, 0.6) is 0 Å². The predicted octanol–water partition coefficient (Wildman–Crippen LogP) is 0.991. The Bertz CT molecular complexity index is 691. The van der Waals surface area contributed by atoms with Crippen LogP contribution in [0.4, 0.5) is 5.82 Å². The highest BCUT2D eigenvalue weighted by Crippen LogP contribution is 2.18. The zero-order valence-corrected chi connectivity index (χ0v) is 12.3. The van der Waals surface area contributed by atoms with Crippen LogP contribution < -0.4 is 16.0 Å². The third kappa shape index (κ3) is 2.86. The summed E-state index contributed by atoms with van der Waals surface area (Å²) in [6.07, 6.45) is 1.34. The molecule has 0 aliphatic carbocycles. The average molecular weight is 303 g/mol. The first kappa shape index (κ1) is 14.3. The van der Waals surface area contributed by atoms with Gasteiger partial charge in [-0.1, -0.05) is 0 Å². The summed E-state index contributed by atoms with van der Waals surface area (Å²) in [6.45, 7) is 3.73. The number of nitrogens with zero attached hydrogens (tertiary/aromatic N) is 2. The van der Waals surface area contributed by atoms with Crippen LogP contribution in [0.2, 0.25) is 0 Å². The van der Waals surface area contributed by atoms with Gasteiger partial charge < -0.3 is 15.1 Å². The fraction of sp³-hybridized carbons (Fsp3) is 0.357. The number of anilines is 1. The van der Waals surface area contributed by atoms with E-state index in [2.05, 4.69) is 21.0 Å². The molecule has 22 heavy (non-hydrogen) atoms. The maximum absolute atomic E-state index is 12.1. The Balaban J connectivity index is 1.83. The van der Waals surface area contributed by atoms with Gasteiger partial charge in [0.15, 0.2) is 12.0 Å². The summed E-state index contributed by atoms with van der Waals surface area (Å²) in [4.78, 5) is 23.8. The Morgan fingerprint density at radius 2 is 2.36 bits per heavy atom. The second kappa shape index (κ2) is 5.64. The summed E-state index contributed by atoms with van der Waals surface area (Å²) in [5.74, 6) is 0.249. The van der Waals surface area contributed by atoms with E-state index in [4.69, 9.17) is 4.42 Å². The molecule has 3 heterocycles. The van der Waals surface area contributed by atoms with Crippen LogP contribution in [0, 0.1) is 6.92 Å². The Morgan fingerprint density at radius 3 is 3.05 bits per heavy atom. The molecule has 2 aromatic heterocycles. The highest BCUT2D eigenvalue weighted by Gasteiger charge is 2.27. The lowest BCUT2D eigenvalue weighted by atomic mass is 10.2. The molecular formula is C14H17N5O3. The zero-order chi connectivity index (χ0) is 15.7. The number of furan rings is 1. The van der Waals surface area contributed by atoms with Crippen LogP contribution in [0.25, 0.3) is 0 Å². The van der Waals surface area contributed by atoms with Crippen LogP contribution in [-0.4, -0.2) is 27.6 Å². The van der Waals surface area contributed by atoms with Gasteiger partial charge in [-0.3, -0.25) is 14.9 Å². The molecule has 8 nitrogen and oxygen atoms in total. The van der Waals surface area contributed by atoms with Crippen molar-refractivity contribution in [2.75, 3.05) is 5.32 Å². The smallest absolute Gasteiger partial charge is 0.292 e. The van der Waals surface area contributed by atoms with E-state index < -0.39 is 6.29 Å². The average Bonchev–Trinajstić information content (AvgIpc) is 3.07. The number of rotatable bonds is 3. The number of amides is 2. The lowest BCUT2D eigenvalue weighted by Gasteiger charge is -2.30. The molecule has 0 aromatic carbocycles. The highest BCUT2D eigenvalue weighted by molar-refractivity contribution is 6.01. The van der Waals surface area contributed by atoms with E-state index in [1.807, 2.05) is 13.8 Å². The zero-order valence-electron chi connectivity index (χ0n) is 12.3. The van der Waals surface area contributed by atoms with Crippen LogP contribution in [0.3, 0.4) is 0 Å². The van der Waals surface area contributed by atoms with Crippen molar-refractivity contribution in [2.24, 2.45) is 0 Å². The lowest BCUT2D eigenvalue weighted by Crippen LogP contribution is -2.52. The number of carbonyl (C=O) groups excluding carboxylic acids is 2. The molecule has 0 radical (unpaired) electrons. The highest BCUT2D eigenvalue weighted by atomic mass is 16.3. The molecular weight excluding hydrogens is 286 g/mol. The normalized spacial score (nSPS) is 21.5. The molecule has 2 aromatic rings. The molecule has 1 saturated heterocycles. The summed E-state index contributed by atoms with van der Waals surface area (Å²) in [7, 11) is 0. The minimum Gasteiger partial charge on any atom is -0.459 e. The molecule has 1 fully saturated rings. The number of nitrogens with one attached hydrogen (secondary N) is 3. The molecule has 0 saturated carbocycles. The Kier molecular flexibility index (Phi) is 3.68. The van der Waals surface area contributed by atoms with E-state index in [9.17, 15) is 9.59 Å². The van der Waals surface area contributed by atoms with E-state index in [-0.39, 0.29) is 23.6 Å². The predicted molar refractivity (Wildman–Crippen MR) is 78.0 cm³/mol. The van der Waals surface area contributed by atoms with Gasteiger partial charge in [0.25, 0.3) is 5.91 Å². The molecule has 116 valence electrons. The molecule has 0 spiro atoms. The fourth-order valence-electron chi connectivity index (χ4n) is 2.38. The molecule has 3 N–H and O–H groups in total. The molecule has 2 unspecified atom stereocenters. The van der Waals surface area contributed by atoms with Crippen molar-refractivity contribution in [1.29, 1.82) is 0 Å². The molecule has 1 aliphatic rings. The van der Waals surface area contributed by atoms with Gasteiger partial charge in [-0.15, -0.1) is 0 Å². The lowest BCUT2D eigenvalue weighted by molar-refractivity contribution is -0.125. The van der Waals surface area contributed by atoms with Gasteiger partial charge in [-0.25, -0.2) is 4.68 Å². The van der Waals surface area contributed by atoms with Crippen molar-refractivity contribution in [3.8, 4) is 0 Å². The number of aryl methyl sites for hydroxylation is 1. The standard InChI is InChI=1S/C14H17N5O3/c1-8-7-12(20)17-14(15-8)19-11(6-9(2)18-19)16-13(21)10-4-3-5-22-10/h3-6,8,14-15H,7H2,1-2H3,(H,16,21)(H,17,20). The van der Waals surface area contributed by atoms with E-state index in [1.54, 1.807) is 22.9 Å². The van der Waals surface area contributed by atoms with Crippen molar-refractivity contribution in [3.63, 3.8) is 0 Å². The SMILES string of the molecule is Cc1cc(NC(=O)c2ccco2)n(C2NC(=O)CC(C)N2)n1. The Labute approximate surface area is 126 Å². The van der Waals surface area contributed by atoms with Crippen LogP contribution in [0.15, 0.2) is 28.9 Å². The second-order valence-electron chi connectivity index (χ2n) is 5.29. The van der Waals surface area contributed by atoms with Crippen LogP contribution in [0.1, 0.15) is 35.9 Å². The van der Waals surface area contributed by atoms with Gasteiger partial charge >= 0.3 is 0 Å².